The molecule has 8 heteroatoms. The predicted octanol–water partition coefficient (Wildman–Crippen LogP) is 1.24. The minimum absolute atomic E-state index is 0.0196. The second kappa shape index (κ2) is 6.68. The monoisotopic (exact) mass is 304 g/mol. The molecule has 1 N–H and O–H groups in total. The van der Waals surface area contributed by atoms with Crippen molar-refractivity contribution < 1.29 is 9.59 Å². The number of halogens is 2. The minimum atomic E-state index is -0.363. The van der Waals surface area contributed by atoms with Gasteiger partial charge < -0.3 is 10.2 Å². The largest absolute Gasteiger partial charge is 0.359 e. The van der Waals surface area contributed by atoms with Crippen LogP contribution in [0.15, 0.2) is 6.07 Å². The Bertz CT molecular complexity index is 496. The average Bonchev–Trinajstić information content (AvgIpc) is 2.39. The third-order valence-corrected chi connectivity index (χ3v) is 3.00. The summed E-state index contributed by atoms with van der Waals surface area (Å²) in [4.78, 5) is 24.9. The van der Waals surface area contributed by atoms with Gasteiger partial charge in [0.1, 0.15) is 0 Å². The fraction of sp³-hybridized carbons (Fsp3) is 0.455. The van der Waals surface area contributed by atoms with Crippen LogP contribution in [0.5, 0.6) is 0 Å². The first-order chi connectivity index (χ1) is 8.86. The number of aromatic nitrogens is 2. The lowest BCUT2D eigenvalue weighted by molar-refractivity contribution is -0.124. The Hall–Kier alpha value is -1.40. The van der Waals surface area contributed by atoms with Crippen LogP contribution in [-0.4, -0.2) is 47.6 Å². The van der Waals surface area contributed by atoms with Crippen LogP contribution in [0, 0.1) is 5.92 Å². The molecule has 2 amide bonds. The zero-order chi connectivity index (χ0) is 14.6. The molecule has 104 valence electrons. The van der Waals surface area contributed by atoms with Gasteiger partial charge in [-0.3, -0.25) is 9.59 Å². The summed E-state index contributed by atoms with van der Waals surface area (Å²) in [5.41, 5.74) is 0.160. The number of hydrogen-bond acceptors (Lipinski definition) is 4. The highest BCUT2D eigenvalue weighted by atomic mass is 35.5. The van der Waals surface area contributed by atoms with Crippen LogP contribution in [0.1, 0.15) is 17.3 Å². The number of nitrogens with zero attached hydrogens (tertiary/aromatic N) is 3. The van der Waals surface area contributed by atoms with Crippen LogP contribution < -0.4 is 5.32 Å². The van der Waals surface area contributed by atoms with Crippen molar-refractivity contribution in [2.75, 3.05) is 20.6 Å². The molecular weight excluding hydrogens is 291 g/mol. The van der Waals surface area contributed by atoms with Gasteiger partial charge in [-0.05, 0) is 6.07 Å². The lowest BCUT2D eigenvalue weighted by atomic mass is 10.1. The molecule has 0 aliphatic heterocycles. The molecule has 1 atom stereocenters. The SMILES string of the molecule is CNC(=O)C(C)CN(C)C(=O)c1cc(Cl)nnc1Cl. The Labute approximate surface area is 121 Å². The van der Waals surface area contributed by atoms with E-state index in [1.807, 2.05) is 0 Å². The maximum Gasteiger partial charge on any atom is 0.256 e. The zero-order valence-corrected chi connectivity index (χ0v) is 12.3. The molecule has 0 fully saturated rings. The first kappa shape index (κ1) is 15.7. The van der Waals surface area contributed by atoms with Crippen LogP contribution in [0.4, 0.5) is 0 Å². The highest BCUT2D eigenvalue weighted by Crippen LogP contribution is 2.17. The van der Waals surface area contributed by atoms with Crippen molar-refractivity contribution in [3.8, 4) is 0 Å². The van der Waals surface area contributed by atoms with Gasteiger partial charge in [0.15, 0.2) is 10.3 Å². The van der Waals surface area contributed by atoms with E-state index in [-0.39, 0.29) is 40.1 Å². The Balaban J connectivity index is 2.82. The maximum absolute atomic E-state index is 12.1. The van der Waals surface area contributed by atoms with Crippen LogP contribution in [0.3, 0.4) is 0 Å². The van der Waals surface area contributed by atoms with Crippen LogP contribution in [-0.2, 0) is 4.79 Å². The fourth-order valence-corrected chi connectivity index (χ4v) is 1.85. The molecule has 0 radical (unpaired) electrons. The maximum atomic E-state index is 12.1. The van der Waals surface area contributed by atoms with Gasteiger partial charge in [-0.2, -0.15) is 0 Å². The summed E-state index contributed by atoms with van der Waals surface area (Å²) in [6, 6.07) is 1.35. The van der Waals surface area contributed by atoms with E-state index in [4.69, 9.17) is 23.2 Å². The third-order valence-electron chi connectivity index (χ3n) is 2.54. The summed E-state index contributed by atoms with van der Waals surface area (Å²) in [7, 11) is 3.12. The quantitative estimate of drug-likeness (QED) is 0.908. The van der Waals surface area contributed by atoms with Crippen molar-refractivity contribution in [3.05, 3.63) is 21.9 Å². The Morgan fingerprint density at radius 1 is 1.42 bits per heavy atom. The molecule has 6 nitrogen and oxygen atoms in total. The smallest absolute Gasteiger partial charge is 0.256 e. The molecule has 0 saturated heterocycles. The summed E-state index contributed by atoms with van der Waals surface area (Å²) >= 11 is 11.5. The average molecular weight is 305 g/mol. The Morgan fingerprint density at radius 3 is 2.63 bits per heavy atom. The van der Waals surface area contributed by atoms with Crippen molar-refractivity contribution in [3.63, 3.8) is 0 Å². The molecule has 1 heterocycles. The van der Waals surface area contributed by atoms with Crippen LogP contribution in [0.25, 0.3) is 0 Å². The van der Waals surface area contributed by atoms with Crippen LogP contribution in [0.2, 0.25) is 10.3 Å². The predicted molar refractivity (Wildman–Crippen MR) is 72.2 cm³/mol. The van der Waals surface area contributed by atoms with Gasteiger partial charge in [0.2, 0.25) is 5.91 Å². The first-order valence-corrected chi connectivity index (χ1v) is 6.28. The van der Waals surface area contributed by atoms with Gasteiger partial charge in [0.05, 0.1) is 11.5 Å². The normalized spacial score (nSPS) is 11.8. The standard InChI is InChI=1S/C11H14Cl2N4O2/c1-6(10(18)14-2)5-17(3)11(19)7-4-8(12)15-16-9(7)13/h4,6H,5H2,1-3H3,(H,14,18). The van der Waals surface area contributed by atoms with E-state index in [2.05, 4.69) is 15.5 Å². The Morgan fingerprint density at radius 2 is 2.05 bits per heavy atom. The third kappa shape index (κ3) is 4.04. The van der Waals surface area contributed by atoms with Gasteiger partial charge in [0, 0.05) is 20.6 Å². The Kier molecular flexibility index (Phi) is 5.50. The lowest BCUT2D eigenvalue weighted by Crippen LogP contribution is -2.37. The van der Waals surface area contributed by atoms with E-state index in [0.717, 1.165) is 0 Å². The molecule has 0 aromatic carbocycles. The second-order valence-corrected chi connectivity index (χ2v) is 4.82. The number of hydrogen-bond donors (Lipinski definition) is 1. The highest BCUT2D eigenvalue weighted by Gasteiger charge is 2.21. The molecule has 0 spiro atoms. The topological polar surface area (TPSA) is 75.2 Å². The van der Waals surface area contributed by atoms with Crippen molar-refractivity contribution in [1.82, 2.24) is 20.4 Å². The van der Waals surface area contributed by atoms with Gasteiger partial charge in [0.25, 0.3) is 5.91 Å². The van der Waals surface area contributed by atoms with Gasteiger partial charge >= 0.3 is 0 Å². The zero-order valence-electron chi connectivity index (χ0n) is 10.8. The summed E-state index contributed by atoms with van der Waals surface area (Å²) < 4.78 is 0. The molecule has 0 saturated carbocycles. The van der Waals surface area contributed by atoms with E-state index in [0.29, 0.717) is 0 Å². The van der Waals surface area contributed by atoms with Gasteiger partial charge in [-0.1, -0.05) is 30.1 Å². The fourth-order valence-electron chi connectivity index (χ4n) is 1.53. The molecular formula is C11H14Cl2N4O2. The van der Waals surface area contributed by atoms with E-state index in [1.165, 1.54) is 11.0 Å². The number of carbonyl (C=O) groups excluding carboxylic acids is 2. The van der Waals surface area contributed by atoms with Gasteiger partial charge in [-0.15, -0.1) is 10.2 Å². The molecule has 0 aliphatic carbocycles. The molecule has 0 bridgehead atoms. The summed E-state index contributed by atoms with van der Waals surface area (Å²) in [5.74, 6) is -0.836. The summed E-state index contributed by atoms with van der Waals surface area (Å²) in [6.07, 6.45) is 0. The first-order valence-electron chi connectivity index (χ1n) is 5.52. The minimum Gasteiger partial charge on any atom is -0.359 e. The summed E-state index contributed by atoms with van der Waals surface area (Å²) in [5, 5.41) is 9.69. The lowest BCUT2D eigenvalue weighted by Gasteiger charge is -2.21. The number of nitrogens with one attached hydrogen (secondary N) is 1. The molecule has 19 heavy (non-hydrogen) atoms. The molecule has 1 rings (SSSR count). The molecule has 1 aromatic heterocycles. The van der Waals surface area contributed by atoms with Crippen molar-refractivity contribution in [2.45, 2.75) is 6.92 Å². The highest BCUT2D eigenvalue weighted by molar-refractivity contribution is 6.34. The molecule has 1 unspecified atom stereocenters. The van der Waals surface area contributed by atoms with E-state index in [9.17, 15) is 9.59 Å². The number of rotatable bonds is 4. The second-order valence-electron chi connectivity index (χ2n) is 4.07. The van der Waals surface area contributed by atoms with E-state index >= 15 is 0 Å². The van der Waals surface area contributed by atoms with Crippen molar-refractivity contribution in [1.29, 1.82) is 0 Å². The van der Waals surface area contributed by atoms with E-state index in [1.54, 1.807) is 21.0 Å². The molecule has 0 aliphatic rings. The number of amides is 2. The summed E-state index contributed by atoms with van der Waals surface area (Å²) in [6.45, 7) is 1.98. The molecule has 1 aromatic rings. The van der Waals surface area contributed by atoms with E-state index < -0.39 is 0 Å². The van der Waals surface area contributed by atoms with Crippen LogP contribution >= 0.6 is 23.2 Å². The number of carbonyl (C=O) groups is 2. The van der Waals surface area contributed by atoms with Crippen molar-refractivity contribution >= 4 is 35.0 Å². The van der Waals surface area contributed by atoms with Crippen molar-refractivity contribution in [2.24, 2.45) is 5.92 Å². The van der Waals surface area contributed by atoms with Gasteiger partial charge in [-0.25, -0.2) is 0 Å².